The molecule has 5 rings (SSSR count). The quantitative estimate of drug-likeness (QED) is 0.197. The van der Waals surface area contributed by atoms with Gasteiger partial charge < -0.3 is 10.6 Å². The van der Waals surface area contributed by atoms with Crippen molar-refractivity contribution in [1.29, 1.82) is 0 Å². The number of amides is 4. The first kappa shape index (κ1) is 31.4. The van der Waals surface area contributed by atoms with Crippen LogP contribution in [0.15, 0.2) is 60.8 Å². The Balaban J connectivity index is 1.14. The maximum atomic E-state index is 15.0. The minimum absolute atomic E-state index is 0.0997. The van der Waals surface area contributed by atoms with Gasteiger partial charge in [0.2, 0.25) is 11.8 Å². The molecule has 1 aliphatic carbocycles. The van der Waals surface area contributed by atoms with Crippen LogP contribution in [0.25, 0.3) is 0 Å². The zero-order valence-electron chi connectivity index (χ0n) is 24.6. The van der Waals surface area contributed by atoms with Gasteiger partial charge in [-0.2, -0.15) is 0 Å². The van der Waals surface area contributed by atoms with E-state index in [1.807, 2.05) is 0 Å². The Morgan fingerprint density at radius 3 is 2.23 bits per heavy atom. The van der Waals surface area contributed by atoms with Crippen molar-refractivity contribution in [3.8, 4) is 11.5 Å². The predicted octanol–water partition coefficient (Wildman–Crippen LogP) is 5.41. The van der Waals surface area contributed by atoms with Crippen molar-refractivity contribution in [3.05, 3.63) is 72.4 Å². The van der Waals surface area contributed by atoms with E-state index in [0.29, 0.717) is 43.2 Å². The molecule has 0 unspecified atom stereocenters. The predicted molar refractivity (Wildman–Crippen MR) is 165 cm³/mol. The number of aromatic nitrogens is 1. The fraction of sp³-hybridized carbons (Fsp3) is 0.355. The summed E-state index contributed by atoms with van der Waals surface area (Å²) in [7, 11) is 0. The van der Waals surface area contributed by atoms with E-state index in [-0.39, 0.29) is 17.5 Å². The number of hydrogen-bond acceptors (Lipinski definition) is 6. The monoisotopic (exact) mass is 668 g/mol. The number of rotatable bonds is 10. The molecule has 0 atom stereocenters. The number of benzene rings is 2. The van der Waals surface area contributed by atoms with E-state index in [4.69, 9.17) is 4.74 Å². The van der Waals surface area contributed by atoms with Crippen LogP contribution < -0.4 is 20.7 Å². The van der Waals surface area contributed by atoms with Crippen molar-refractivity contribution in [2.24, 2.45) is 5.41 Å². The molecule has 13 heteroatoms. The SMILES string of the molecule is C[As](C)CCN1CCN(C(=O)Nc2cc(Oc3ccc(NC(=O)C4(C(=O)Nc5ccc(F)cc5)CC4)c(F)c3)ccn2)CC1. The molecule has 2 aromatic carbocycles. The van der Waals surface area contributed by atoms with E-state index < -0.39 is 43.5 Å². The van der Waals surface area contributed by atoms with Crippen molar-refractivity contribution < 1.29 is 27.9 Å². The van der Waals surface area contributed by atoms with Crippen LogP contribution in [0.4, 0.5) is 30.8 Å². The van der Waals surface area contributed by atoms with E-state index in [1.54, 1.807) is 17.0 Å². The van der Waals surface area contributed by atoms with Crippen molar-refractivity contribution >= 4 is 49.7 Å². The molecule has 3 N–H and O–H groups in total. The van der Waals surface area contributed by atoms with Gasteiger partial charge in [-0.25, -0.2) is 8.78 Å². The molecule has 232 valence electrons. The fourth-order valence-electron chi connectivity index (χ4n) is 4.75. The number of halogens is 2. The zero-order valence-corrected chi connectivity index (χ0v) is 26.5. The molecule has 2 aliphatic rings. The third-order valence-corrected chi connectivity index (χ3v) is 9.93. The Hall–Kier alpha value is -4.02. The van der Waals surface area contributed by atoms with Crippen LogP contribution in [0.1, 0.15) is 12.8 Å². The number of anilines is 3. The van der Waals surface area contributed by atoms with Crippen LogP contribution >= 0.6 is 0 Å². The second-order valence-electron chi connectivity index (χ2n) is 11.2. The Morgan fingerprint density at radius 1 is 0.886 bits per heavy atom. The van der Waals surface area contributed by atoms with Gasteiger partial charge in [0, 0.05) is 11.8 Å². The molecule has 1 aromatic heterocycles. The first-order chi connectivity index (χ1) is 21.1. The number of piperazine rings is 1. The van der Waals surface area contributed by atoms with E-state index in [2.05, 4.69) is 37.3 Å². The molecule has 10 nitrogen and oxygen atoms in total. The van der Waals surface area contributed by atoms with Crippen LogP contribution in [-0.2, 0) is 9.59 Å². The number of urea groups is 1. The molecule has 2 heterocycles. The molecule has 1 aliphatic heterocycles. The Morgan fingerprint density at radius 2 is 1.57 bits per heavy atom. The van der Waals surface area contributed by atoms with E-state index >= 15 is 0 Å². The number of carbonyl (C=O) groups is 3. The summed E-state index contributed by atoms with van der Waals surface area (Å²) in [5, 5.41) is 9.20. The number of carbonyl (C=O) groups excluding carboxylic acids is 3. The van der Waals surface area contributed by atoms with E-state index in [0.717, 1.165) is 25.7 Å². The normalized spacial score (nSPS) is 15.9. The molecule has 1 saturated carbocycles. The van der Waals surface area contributed by atoms with Gasteiger partial charge in [0.25, 0.3) is 0 Å². The van der Waals surface area contributed by atoms with Gasteiger partial charge in [0.05, 0.1) is 5.69 Å². The van der Waals surface area contributed by atoms with E-state index in [9.17, 15) is 23.2 Å². The number of nitrogens with zero attached hydrogens (tertiary/aromatic N) is 3. The Labute approximate surface area is 259 Å². The third-order valence-electron chi connectivity index (χ3n) is 7.64. The van der Waals surface area contributed by atoms with Crippen LogP contribution in [0.3, 0.4) is 0 Å². The van der Waals surface area contributed by atoms with Crippen LogP contribution in [0.5, 0.6) is 11.5 Å². The van der Waals surface area contributed by atoms with E-state index in [1.165, 1.54) is 47.8 Å². The van der Waals surface area contributed by atoms with Crippen LogP contribution in [0.2, 0.25) is 16.6 Å². The summed E-state index contributed by atoms with van der Waals surface area (Å²) in [5.41, 5.74) is 3.63. The number of nitrogens with one attached hydrogen (secondary N) is 3. The van der Waals surface area contributed by atoms with Crippen molar-refractivity contribution in [2.75, 3.05) is 48.7 Å². The second-order valence-corrected chi connectivity index (χ2v) is 16.6. The summed E-state index contributed by atoms with van der Waals surface area (Å²) in [4.78, 5) is 46.9. The van der Waals surface area contributed by atoms with Crippen LogP contribution in [0, 0.1) is 17.0 Å². The van der Waals surface area contributed by atoms with Gasteiger partial charge in [0.15, 0.2) is 0 Å². The van der Waals surface area contributed by atoms with Crippen LogP contribution in [-0.4, -0.2) is 80.0 Å². The third kappa shape index (κ3) is 7.92. The van der Waals surface area contributed by atoms with Crippen molar-refractivity contribution in [2.45, 2.75) is 29.5 Å². The van der Waals surface area contributed by atoms with Gasteiger partial charge in [-0.15, -0.1) is 0 Å². The van der Waals surface area contributed by atoms with Crippen molar-refractivity contribution in [3.63, 3.8) is 0 Å². The summed E-state index contributed by atoms with van der Waals surface area (Å²) in [6.45, 7) is 4.07. The number of pyridine rings is 1. The van der Waals surface area contributed by atoms with Gasteiger partial charge in [-0.05, 0) is 49.2 Å². The molecular weight excluding hydrogens is 633 g/mol. The number of ether oxygens (including phenoxy) is 1. The summed E-state index contributed by atoms with van der Waals surface area (Å²) in [5.74, 6) is -1.55. The number of hydrogen-bond donors (Lipinski definition) is 3. The van der Waals surface area contributed by atoms with Gasteiger partial charge in [0.1, 0.15) is 22.8 Å². The minimum atomic E-state index is -1.32. The molecule has 0 spiro atoms. The molecule has 2 fully saturated rings. The zero-order chi connectivity index (χ0) is 31.3. The molecule has 44 heavy (non-hydrogen) atoms. The second kappa shape index (κ2) is 13.7. The molecule has 0 bridgehead atoms. The Kier molecular flexibility index (Phi) is 9.80. The van der Waals surface area contributed by atoms with Gasteiger partial charge >= 0.3 is 130 Å². The molecule has 1 saturated heterocycles. The van der Waals surface area contributed by atoms with Gasteiger partial charge in [-0.1, -0.05) is 0 Å². The average molecular weight is 669 g/mol. The Bertz CT molecular complexity index is 1510. The molecular formula is C31H35AsF2N6O4. The molecule has 4 amide bonds. The first-order valence-corrected chi connectivity index (χ1v) is 19.4. The first-order valence-electron chi connectivity index (χ1n) is 14.4. The van der Waals surface area contributed by atoms with Gasteiger partial charge in [-0.3, -0.25) is 9.59 Å². The summed E-state index contributed by atoms with van der Waals surface area (Å²) >= 11 is -0.662. The van der Waals surface area contributed by atoms with Crippen molar-refractivity contribution in [1.82, 2.24) is 14.8 Å². The summed E-state index contributed by atoms with van der Waals surface area (Å²) in [6.07, 6.45) is 2.10. The average Bonchev–Trinajstić information content (AvgIpc) is 3.82. The topological polar surface area (TPSA) is 116 Å². The maximum absolute atomic E-state index is 15.0. The summed E-state index contributed by atoms with van der Waals surface area (Å²) < 4.78 is 33.9. The summed E-state index contributed by atoms with van der Waals surface area (Å²) in [6, 6.07) is 12.1. The molecule has 3 aromatic rings. The molecule has 0 radical (unpaired) electrons. The fourth-order valence-corrected chi connectivity index (χ4v) is 6.19. The standard InChI is InChI=1S/C31H35AsF2N6O4/c1-32(2)12-14-39-15-17-40(18-16-39)30(43)38-27-20-24(9-13-35-27)44-23-7-8-26(25(34)19-23)37-29(42)31(10-11-31)28(41)36-22-5-3-21(33)4-6-22/h3-9,13,19-20H,10-12,14-18H2,1-2H3,(H,36,41)(H,37,42)(H,35,38,43).